The van der Waals surface area contributed by atoms with E-state index in [1.807, 2.05) is 18.3 Å². The highest BCUT2D eigenvalue weighted by molar-refractivity contribution is 5.67. The third-order valence-corrected chi connectivity index (χ3v) is 3.66. The highest BCUT2D eigenvalue weighted by Gasteiger charge is 2.23. The molecule has 1 heterocycles. The first kappa shape index (κ1) is 12.7. The number of pyridine rings is 1. The Morgan fingerprint density at radius 1 is 1.30 bits per heavy atom. The molecule has 0 saturated carbocycles. The zero-order valence-corrected chi connectivity index (χ0v) is 11.1. The van der Waals surface area contributed by atoms with Gasteiger partial charge in [0.05, 0.1) is 0 Å². The van der Waals surface area contributed by atoms with Crippen LogP contribution in [0.25, 0.3) is 11.1 Å². The second kappa shape index (κ2) is 5.33. The fraction of sp³-hybridized carbons (Fsp3) is 0.250. The predicted octanol–water partition coefficient (Wildman–Crippen LogP) is 3.22. The van der Waals surface area contributed by atoms with Crippen molar-refractivity contribution >= 4 is 6.09 Å². The fourth-order valence-corrected chi connectivity index (χ4v) is 2.73. The van der Waals surface area contributed by atoms with E-state index < -0.39 is 6.09 Å². The van der Waals surface area contributed by atoms with Crippen LogP contribution in [0.2, 0.25) is 0 Å². The van der Waals surface area contributed by atoms with Crippen molar-refractivity contribution in [2.24, 2.45) is 5.73 Å². The molecule has 102 valence electrons. The molecule has 0 bridgehead atoms. The summed E-state index contributed by atoms with van der Waals surface area (Å²) in [5.74, 6) is 0. The van der Waals surface area contributed by atoms with Crippen molar-refractivity contribution in [3.63, 3.8) is 0 Å². The largest absolute Gasteiger partial charge is 0.442 e. The fourth-order valence-electron chi connectivity index (χ4n) is 2.73. The first-order valence-corrected chi connectivity index (χ1v) is 6.73. The average molecular weight is 268 g/mol. The summed E-state index contributed by atoms with van der Waals surface area (Å²) in [6.07, 6.45) is 5.49. The maximum absolute atomic E-state index is 11.0. The Hall–Kier alpha value is -2.36. The molecule has 0 aliphatic heterocycles. The van der Waals surface area contributed by atoms with E-state index in [1.165, 1.54) is 5.56 Å². The van der Waals surface area contributed by atoms with E-state index in [0.29, 0.717) is 0 Å². The average Bonchev–Trinajstić information content (AvgIpc) is 2.47. The van der Waals surface area contributed by atoms with E-state index in [9.17, 15) is 4.79 Å². The molecular weight excluding hydrogens is 252 g/mol. The Morgan fingerprint density at radius 2 is 2.20 bits per heavy atom. The molecule has 4 nitrogen and oxygen atoms in total. The van der Waals surface area contributed by atoms with Gasteiger partial charge in [-0.3, -0.25) is 4.98 Å². The van der Waals surface area contributed by atoms with Gasteiger partial charge in [-0.1, -0.05) is 18.2 Å². The van der Waals surface area contributed by atoms with E-state index in [0.717, 1.165) is 36.0 Å². The molecule has 0 fully saturated rings. The minimum atomic E-state index is -0.713. The number of aromatic nitrogens is 1. The van der Waals surface area contributed by atoms with Crippen LogP contribution in [0, 0.1) is 0 Å². The molecule has 1 amide bonds. The summed E-state index contributed by atoms with van der Waals surface area (Å²) in [6, 6.07) is 10.2. The number of primary amides is 1. The highest BCUT2D eigenvalue weighted by Crippen LogP contribution is 2.35. The minimum absolute atomic E-state index is 0.229. The van der Waals surface area contributed by atoms with Gasteiger partial charge in [-0.15, -0.1) is 0 Å². The lowest BCUT2D eigenvalue weighted by Gasteiger charge is -2.25. The Labute approximate surface area is 117 Å². The van der Waals surface area contributed by atoms with Crippen LogP contribution in [0.5, 0.6) is 0 Å². The molecule has 20 heavy (non-hydrogen) atoms. The van der Waals surface area contributed by atoms with Crippen molar-refractivity contribution in [1.29, 1.82) is 0 Å². The Morgan fingerprint density at radius 3 is 2.95 bits per heavy atom. The molecule has 2 aromatic rings. The van der Waals surface area contributed by atoms with Crippen LogP contribution in [-0.2, 0) is 11.2 Å². The van der Waals surface area contributed by atoms with Gasteiger partial charge in [0.25, 0.3) is 0 Å². The molecule has 1 aliphatic carbocycles. The molecular formula is C16H16N2O2. The van der Waals surface area contributed by atoms with Crippen LogP contribution in [0.15, 0.2) is 42.7 Å². The smallest absolute Gasteiger partial charge is 0.405 e. The zero-order chi connectivity index (χ0) is 13.9. The quantitative estimate of drug-likeness (QED) is 0.909. The van der Waals surface area contributed by atoms with E-state index in [4.69, 9.17) is 10.5 Å². The minimum Gasteiger partial charge on any atom is -0.442 e. The van der Waals surface area contributed by atoms with Gasteiger partial charge in [-0.2, -0.15) is 0 Å². The van der Waals surface area contributed by atoms with Gasteiger partial charge >= 0.3 is 6.09 Å². The van der Waals surface area contributed by atoms with Gasteiger partial charge in [0.2, 0.25) is 0 Å². The second-order valence-electron chi connectivity index (χ2n) is 4.97. The van der Waals surface area contributed by atoms with Crippen LogP contribution in [0.3, 0.4) is 0 Å². The first-order valence-electron chi connectivity index (χ1n) is 6.73. The first-order chi connectivity index (χ1) is 9.74. The van der Waals surface area contributed by atoms with Gasteiger partial charge in [0.1, 0.15) is 6.10 Å². The number of amides is 1. The van der Waals surface area contributed by atoms with Crippen molar-refractivity contribution in [3.05, 3.63) is 53.9 Å². The number of hydrogen-bond donors (Lipinski definition) is 1. The van der Waals surface area contributed by atoms with Crippen molar-refractivity contribution in [1.82, 2.24) is 4.98 Å². The van der Waals surface area contributed by atoms with E-state index in [-0.39, 0.29) is 6.10 Å². The Kier molecular flexibility index (Phi) is 3.37. The molecule has 1 aromatic carbocycles. The number of aryl methyl sites for hydroxylation is 1. The molecule has 1 aliphatic rings. The number of carbonyl (C=O) groups excluding carboxylic acids is 1. The van der Waals surface area contributed by atoms with Gasteiger partial charge in [-0.05, 0) is 53.6 Å². The maximum Gasteiger partial charge on any atom is 0.405 e. The summed E-state index contributed by atoms with van der Waals surface area (Å²) < 4.78 is 5.23. The number of hydrogen-bond acceptors (Lipinski definition) is 3. The third-order valence-electron chi connectivity index (χ3n) is 3.66. The van der Waals surface area contributed by atoms with Crippen LogP contribution >= 0.6 is 0 Å². The summed E-state index contributed by atoms with van der Waals surface area (Å²) in [5, 5.41) is 0. The van der Waals surface area contributed by atoms with E-state index >= 15 is 0 Å². The van der Waals surface area contributed by atoms with E-state index in [2.05, 4.69) is 23.2 Å². The maximum atomic E-state index is 11.0. The second-order valence-corrected chi connectivity index (χ2v) is 4.97. The van der Waals surface area contributed by atoms with E-state index in [1.54, 1.807) is 6.20 Å². The summed E-state index contributed by atoms with van der Waals surface area (Å²) in [7, 11) is 0. The Bertz CT molecular complexity index is 626. The molecule has 3 rings (SSSR count). The van der Waals surface area contributed by atoms with Crippen LogP contribution in [-0.4, -0.2) is 11.1 Å². The number of nitrogens with two attached hydrogens (primary N) is 1. The van der Waals surface area contributed by atoms with Crippen LogP contribution in [0.4, 0.5) is 4.79 Å². The lowest BCUT2D eigenvalue weighted by Crippen LogP contribution is -2.20. The molecule has 0 spiro atoms. The summed E-state index contributed by atoms with van der Waals surface area (Å²) >= 11 is 0. The molecule has 1 atom stereocenters. The SMILES string of the molecule is NC(=O)OC1CCCc2ccc(-c3cccnc3)cc21. The van der Waals surface area contributed by atoms with Gasteiger partial charge in [0, 0.05) is 12.4 Å². The van der Waals surface area contributed by atoms with Crippen molar-refractivity contribution in [2.45, 2.75) is 25.4 Å². The highest BCUT2D eigenvalue weighted by atomic mass is 16.6. The van der Waals surface area contributed by atoms with Crippen molar-refractivity contribution < 1.29 is 9.53 Å². The number of nitrogens with zero attached hydrogens (tertiary/aromatic N) is 1. The lowest BCUT2D eigenvalue weighted by molar-refractivity contribution is 0.0959. The lowest BCUT2D eigenvalue weighted by atomic mass is 9.87. The summed E-state index contributed by atoms with van der Waals surface area (Å²) in [4.78, 5) is 15.2. The standard InChI is InChI=1S/C16H16N2O2/c17-16(19)20-15-5-1-3-11-6-7-12(9-14(11)15)13-4-2-8-18-10-13/h2,4,6-10,15H,1,3,5H2,(H2,17,19). The predicted molar refractivity (Wildman–Crippen MR) is 76.0 cm³/mol. The van der Waals surface area contributed by atoms with Crippen LogP contribution in [0.1, 0.15) is 30.1 Å². The normalized spacial score (nSPS) is 17.3. The number of carbonyl (C=O) groups is 1. The summed E-state index contributed by atoms with van der Waals surface area (Å²) in [5.41, 5.74) is 9.59. The van der Waals surface area contributed by atoms with Crippen molar-refractivity contribution in [2.75, 3.05) is 0 Å². The number of rotatable bonds is 2. The molecule has 0 radical (unpaired) electrons. The molecule has 1 unspecified atom stereocenters. The zero-order valence-electron chi connectivity index (χ0n) is 11.1. The summed E-state index contributed by atoms with van der Waals surface area (Å²) in [6.45, 7) is 0. The molecule has 2 N–H and O–H groups in total. The third kappa shape index (κ3) is 2.50. The molecule has 1 aromatic heterocycles. The number of fused-ring (bicyclic) bond motifs is 1. The topological polar surface area (TPSA) is 65.2 Å². The van der Waals surface area contributed by atoms with Crippen LogP contribution < -0.4 is 5.73 Å². The Balaban J connectivity index is 1.99. The molecule has 4 heteroatoms. The number of benzene rings is 1. The monoisotopic (exact) mass is 268 g/mol. The van der Waals surface area contributed by atoms with Gasteiger partial charge < -0.3 is 10.5 Å². The molecule has 0 saturated heterocycles. The van der Waals surface area contributed by atoms with Gasteiger partial charge in [-0.25, -0.2) is 4.79 Å². The van der Waals surface area contributed by atoms with Gasteiger partial charge in [0.15, 0.2) is 0 Å². The number of ether oxygens (including phenoxy) is 1. The van der Waals surface area contributed by atoms with Crippen molar-refractivity contribution in [3.8, 4) is 11.1 Å².